The van der Waals surface area contributed by atoms with Crippen molar-refractivity contribution in [2.75, 3.05) is 6.26 Å². The fourth-order valence-electron chi connectivity index (χ4n) is 5.05. The van der Waals surface area contributed by atoms with Crippen LogP contribution in [0.1, 0.15) is 24.3 Å². The Morgan fingerprint density at radius 1 is 1.31 bits per heavy atom. The number of carboxylic acids is 1. The first kappa shape index (κ1) is 21.2. The Balaban J connectivity index is 1.57. The summed E-state index contributed by atoms with van der Waals surface area (Å²) in [7, 11) is 0. The Hall–Kier alpha value is -2.62. The van der Waals surface area contributed by atoms with E-state index in [9.17, 15) is 19.8 Å². The first-order valence-corrected chi connectivity index (χ1v) is 12.5. The lowest BCUT2D eigenvalue weighted by Crippen LogP contribution is -2.63. The van der Waals surface area contributed by atoms with Gasteiger partial charge in [-0.25, -0.2) is 9.36 Å². The number of fused-ring (bicyclic) bond motifs is 2. The third-order valence-corrected chi connectivity index (χ3v) is 8.52. The van der Waals surface area contributed by atoms with Crippen LogP contribution in [0.4, 0.5) is 0 Å². The third-order valence-electron chi connectivity index (χ3n) is 6.43. The molecule has 3 aromatic rings. The van der Waals surface area contributed by atoms with Gasteiger partial charge in [0.25, 0.3) is 6.33 Å². The molecule has 0 radical (unpaired) electrons. The summed E-state index contributed by atoms with van der Waals surface area (Å²) in [6.07, 6.45) is 5.23. The minimum atomic E-state index is -1.10. The average molecular weight is 471 g/mol. The summed E-state index contributed by atoms with van der Waals surface area (Å²) in [4.78, 5) is 28.0. The number of rotatable bonds is 6. The first-order chi connectivity index (χ1) is 15.3. The number of aliphatic carboxylic acids is 1. The summed E-state index contributed by atoms with van der Waals surface area (Å²) in [5, 5.41) is 21.1. The topological polar surface area (TPSA) is 86.1 Å². The van der Waals surface area contributed by atoms with E-state index in [-0.39, 0.29) is 23.6 Å². The third kappa shape index (κ3) is 3.02. The molecule has 1 saturated heterocycles. The molecule has 0 unspecified atom stereocenters. The molecule has 7 nitrogen and oxygen atoms in total. The molecule has 2 aliphatic heterocycles. The molecule has 9 heteroatoms. The predicted octanol–water partition coefficient (Wildman–Crippen LogP) is 2.71. The van der Waals surface area contributed by atoms with Gasteiger partial charge in [0.15, 0.2) is 0 Å². The normalized spacial score (nSPS) is 23.6. The zero-order valence-electron chi connectivity index (χ0n) is 17.9. The van der Waals surface area contributed by atoms with Crippen LogP contribution < -0.4 is 4.57 Å². The van der Waals surface area contributed by atoms with Crippen molar-refractivity contribution < 1.29 is 24.4 Å². The highest BCUT2D eigenvalue weighted by molar-refractivity contribution is 7.98. The second-order valence-electron chi connectivity index (χ2n) is 8.37. The molecule has 0 spiro atoms. The molecule has 4 heterocycles. The van der Waals surface area contributed by atoms with Gasteiger partial charge in [-0.3, -0.25) is 4.79 Å². The summed E-state index contributed by atoms with van der Waals surface area (Å²) < 4.78 is 4.23. The van der Waals surface area contributed by atoms with Crippen LogP contribution >= 0.6 is 23.1 Å². The second kappa shape index (κ2) is 7.75. The summed E-state index contributed by atoms with van der Waals surface area (Å²) in [5.41, 5.74) is 1.93. The Morgan fingerprint density at radius 2 is 2.03 bits per heavy atom. The number of aliphatic hydroxyl groups is 1. The van der Waals surface area contributed by atoms with Gasteiger partial charge in [-0.05, 0) is 18.7 Å². The maximum absolute atomic E-state index is 12.6. The van der Waals surface area contributed by atoms with Crippen molar-refractivity contribution in [2.45, 2.75) is 37.6 Å². The van der Waals surface area contributed by atoms with Gasteiger partial charge in [0.2, 0.25) is 15.8 Å². The van der Waals surface area contributed by atoms with Gasteiger partial charge in [-0.2, -0.15) is 4.40 Å². The van der Waals surface area contributed by atoms with Crippen molar-refractivity contribution in [1.82, 2.24) is 9.30 Å². The number of β-lactam (4-membered cyclic amide) rings is 1. The van der Waals surface area contributed by atoms with Crippen molar-refractivity contribution in [1.29, 1.82) is 0 Å². The van der Waals surface area contributed by atoms with Crippen LogP contribution in [0.2, 0.25) is 0 Å². The number of aliphatic hydroxyl groups excluding tert-OH is 1. The highest BCUT2D eigenvalue weighted by Crippen LogP contribution is 2.51. The number of carbonyl (C=O) groups is 2. The van der Waals surface area contributed by atoms with Gasteiger partial charge in [0.1, 0.15) is 18.4 Å². The molecular formula is C23H24N3O4S2+. The number of thioether (sulfide) groups is 1. The van der Waals surface area contributed by atoms with Gasteiger partial charge < -0.3 is 15.1 Å². The van der Waals surface area contributed by atoms with Crippen LogP contribution in [0.3, 0.4) is 0 Å². The molecule has 32 heavy (non-hydrogen) atoms. The Labute approximate surface area is 193 Å². The van der Waals surface area contributed by atoms with Crippen LogP contribution in [0.15, 0.2) is 53.6 Å². The lowest BCUT2D eigenvalue weighted by atomic mass is 9.77. The Bertz CT molecular complexity index is 1260. The van der Waals surface area contributed by atoms with E-state index in [0.717, 1.165) is 21.3 Å². The Morgan fingerprint density at radius 3 is 2.66 bits per heavy atom. The largest absolute Gasteiger partial charge is 0.477 e. The monoisotopic (exact) mass is 470 g/mol. The van der Waals surface area contributed by atoms with E-state index in [1.165, 1.54) is 10.5 Å². The number of amides is 1. The molecule has 0 saturated carbocycles. The van der Waals surface area contributed by atoms with E-state index in [0.29, 0.717) is 5.57 Å². The van der Waals surface area contributed by atoms with Crippen LogP contribution in [-0.4, -0.2) is 49.8 Å². The molecule has 0 bridgehead atoms. The van der Waals surface area contributed by atoms with Gasteiger partial charge >= 0.3 is 5.97 Å². The quantitative estimate of drug-likeness (QED) is 0.329. The number of imidazole rings is 1. The van der Waals surface area contributed by atoms with Crippen LogP contribution in [0, 0.1) is 11.8 Å². The molecule has 5 rings (SSSR count). The highest BCUT2D eigenvalue weighted by atomic mass is 32.2. The van der Waals surface area contributed by atoms with Crippen molar-refractivity contribution in [2.24, 2.45) is 11.8 Å². The molecule has 2 aromatic heterocycles. The molecule has 1 aromatic carbocycles. The summed E-state index contributed by atoms with van der Waals surface area (Å²) >= 11 is 3.20. The number of carboxylic acid groups (broad SMARTS) is 1. The number of thiazole rings is 1. The molecule has 0 aliphatic carbocycles. The zero-order valence-corrected chi connectivity index (χ0v) is 19.6. The molecule has 4 atom stereocenters. The minimum Gasteiger partial charge on any atom is -0.477 e. The van der Waals surface area contributed by atoms with Gasteiger partial charge in [0.05, 0.1) is 22.9 Å². The van der Waals surface area contributed by atoms with Gasteiger partial charge in [0, 0.05) is 11.5 Å². The smallest absolute Gasteiger partial charge is 0.352 e. The fourth-order valence-corrected chi connectivity index (χ4v) is 7.23. The zero-order chi connectivity index (χ0) is 22.7. The lowest BCUT2D eigenvalue weighted by Gasteiger charge is -2.46. The van der Waals surface area contributed by atoms with Gasteiger partial charge in [-0.1, -0.05) is 60.4 Å². The molecule has 166 valence electrons. The first-order valence-electron chi connectivity index (χ1n) is 10.4. The standard InChI is InChI=1S/C23H23N3O4S2/c1-12-16(19(23(29)30)26-18(12)17(13(2)27)20(26)28)15-10-25-11-24(21(31-3)22(25)32-15)9-14-7-5-4-6-8-14/h4-8,10-13,17-18,27H,9H2,1-3H3/p+1/t12-,13+,17+,18+/m0/s1. The predicted molar refractivity (Wildman–Crippen MR) is 122 cm³/mol. The van der Waals surface area contributed by atoms with Crippen molar-refractivity contribution >= 4 is 45.4 Å². The second-order valence-corrected chi connectivity index (χ2v) is 10.2. The maximum atomic E-state index is 12.6. The molecule has 2 N–H and O–H groups in total. The highest BCUT2D eigenvalue weighted by Gasteiger charge is 2.60. The Kier molecular flexibility index (Phi) is 5.15. The minimum absolute atomic E-state index is 0.0526. The van der Waals surface area contributed by atoms with E-state index in [2.05, 4.69) is 16.7 Å². The van der Waals surface area contributed by atoms with E-state index in [4.69, 9.17) is 0 Å². The maximum Gasteiger partial charge on any atom is 0.352 e. The van der Waals surface area contributed by atoms with Gasteiger partial charge in [-0.15, -0.1) is 0 Å². The van der Waals surface area contributed by atoms with E-state index < -0.39 is 18.0 Å². The number of hydrogen-bond acceptors (Lipinski definition) is 5. The summed E-state index contributed by atoms with van der Waals surface area (Å²) in [5.74, 6) is -2.14. The average Bonchev–Trinajstić information content (AvgIpc) is 3.35. The summed E-state index contributed by atoms with van der Waals surface area (Å²) in [6, 6.07) is 9.93. The lowest BCUT2D eigenvalue weighted by molar-refractivity contribution is -0.721. The van der Waals surface area contributed by atoms with Crippen LogP contribution in [0.25, 0.3) is 10.4 Å². The number of nitrogens with zero attached hydrogens (tertiary/aromatic N) is 3. The molecular weight excluding hydrogens is 446 g/mol. The van der Waals surface area contributed by atoms with Crippen molar-refractivity contribution in [3.05, 3.63) is 59.0 Å². The van der Waals surface area contributed by atoms with Crippen LogP contribution in [0.5, 0.6) is 0 Å². The SMILES string of the molecule is CSc1c2sc(C3=C(C(=O)O)N4C(=O)[C@H]([C@@H](C)O)[C@H]4[C@H]3C)cn2c[n+]1Cc1ccccc1. The van der Waals surface area contributed by atoms with Crippen LogP contribution in [-0.2, 0) is 16.1 Å². The number of hydrogen-bond donors (Lipinski definition) is 2. The van der Waals surface area contributed by atoms with Crippen molar-refractivity contribution in [3.8, 4) is 0 Å². The molecule has 1 amide bonds. The van der Waals surface area contributed by atoms with E-state index in [1.54, 1.807) is 30.0 Å². The molecule has 1 fully saturated rings. The fraction of sp³-hybridized carbons (Fsp3) is 0.348. The number of carbonyl (C=O) groups excluding carboxylic acids is 1. The van der Waals surface area contributed by atoms with Crippen molar-refractivity contribution in [3.63, 3.8) is 0 Å². The number of aromatic nitrogens is 2. The summed E-state index contributed by atoms with van der Waals surface area (Å²) in [6.45, 7) is 4.29. The van der Waals surface area contributed by atoms with E-state index >= 15 is 0 Å². The number of benzene rings is 1. The molecule has 2 aliphatic rings. The van der Waals surface area contributed by atoms with E-state index in [1.807, 2.05) is 48.3 Å².